The number of amides is 1. The molecule has 1 aliphatic carbocycles. The maximum Gasteiger partial charge on any atom is 0.306 e. The number of carbonyl (C=O) groups is 2. The predicted octanol–water partition coefficient (Wildman–Crippen LogP) is 6.89. The van der Waals surface area contributed by atoms with Crippen LogP contribution in [0.15, 0.2) is 60.9 Å². The van der Waals surface area contributed by atoms with Crippen molar-refractivity contribution in [3.05, 3.63) is 82.6 Å². The number of hydrogen-bond acceptors (Lipinski definition) is 3. The second-order valence-electron chi connectivity index (χ2n) is 9.56. The number of benzene rings is 2. The number of rotatable bonds is 8. The summed E-state index contributed by atoms with van der Waals surface area (Å²) >= 11 is 6.10. The molecule has 0 radical (unpaired) electrons. The van der Waals surface area contributed by atoms with Crippen LogP contribution < -0.4 is 5.32 Å². The lowest BCUT2D eigenvalue weighted by atomic mass is 9.83. The molecule has 3 aromatic rings. The zero-order valence-corrected chi connectivity index (χ0v) is 20.9. The van der Waals surface area contributed by atoms with Gasteiger partial charge >= 0.3 is 5.97 Å². The molecule has 1 aliphatic rings. The molecule has 0 saturated heterocycles. The number of pyridine rings is 1. The SMILES string of the molecule is Cc1c(C[C@H](C)C(=O)O)cccc1NC(=O)[C@@H](c1ccc(-c2cncc(Cl)c2)cc1)C1CCCC1. The van der Waals surface area contributed by atoms with Crippen LogP contribution in [0.2, 0.25) is 5.02 Å². The van der Waals surface area contributed by atoms with Gasteiger partial charge in [0.05, 0.1) is 16.9 Å². The molecule has 0 unspecified atom stereocenters. The lowest BCUT2D eigenvalue weighted by Crippen LogP contribution is -2.27. The third kappa shape index (κ3) is 5.91. The summed E-state index contributed by atoms with van der Waals surface area (Å²) in [6, 6.07) is 15.7. The second-order valence-corrected chi connectivity index (χ2v) is 9.99. The van der Waals surface area contributed by atoms with E-state index in [9.17, 15) is 14.7 Å². The molecule has 1 amide bonds. The summed E-state index contributed by atoms with van der Waals surface area (Å²) in [5, 5.41) is 13.1. The van der Waals surface area contributed by atoms with Crippen LogP contribution in [0.25, 0.3) is 11.1 Å². The Morgan fingerprint density at radius 2 is 1.80 bits per heavy atom. The van der Waals surface area contributed by atoms with Gasteiger partial charge in [0.25, 0.3) is 0 Å². The van der Waals surface area contributed by atoms with Crippen LogP contribution in [0.4, 0.5) is 5.69 Å². The van der Waals surface area contributed by atoms with Crippen LogP contribution in [-0.4, -0.2) is 22.0 Å². The minimum atomic E-state index is -0.822. The number of hydrogen-bond donors (Lipinski definition) is 2. The highest BCUT2D eigenvalue weighted by Gasteiger charge is 2.32. The van der Waals surface area contributed by atoms with Crippen molar-refractivity contribution in [2.24, 2.45) is 11.8 Å². The fourth-order valence-corrected chi connectivity index (χ4v) is 5.22. The van der Waals surface area contributed by atoms with E-state index in [0.29, 0.717) is 17.4 Å². The van der Waals surface area contributed by atoms with E-state index in [0.717, 1.165) is 59.2 Å². The first-order valence-corrected chi connectivity index (χ1v) is 12.5. The number of aliphatic carboxylic acids is 1. The number of carboxylic acid groups (broad SMARTS) is 1. The fraction of sp³-hybridized carbons (Fsp3) is 0.345. The maximum atomic E-state index is 13.7. The molecular weight excluding hydrogens is 460 g/mol. The minimum Gasteiger partial charge on any atom is -0.481 e. The van der Waals surface area contributed by atoms with Crippen molar-refractivity contribution in [2.75, 3.05) is 5.32 Å². The third-order valence-corrected chi connectivity index (χ3v) is 7.32. The summed E-state index contributed by atoms with van der Waals surface area (Å²) in [6.07, 6.45) is 8.17. The molecule has 0 bridgehead atoms. The van der Waals surface area contributed by atoms with E-state index in [2.05, 4.69) is 10.3 Å². The second kappa shape index (κ2) is 11.0. The number of halogens is 1. The standard InChI is InChI=1S/C29H31ClN2O3/c1-18(29(34)35)14-23-8-5-9-26(19(23)2)32-28(33)27(21-6-3-4-7-21)22-12-10-20(11-13-22)24-15-25(30)17-31-16-24/h5,8-13,15-18,21,27H,3-4,6-7,14H2,1-2H3,(H,32,33)(H,34,35)/t18-,27+/m0/s1. The van der Waals surface area contributed by atoms with E-state index in [1.807, 2.05) is 55.5 Å². The van der Waals surface area contributed by atoms with Gasteiger partial charge in [-0.25, -0.2) is 0 Å². The molecule has 1 aromatic heterocycles. The Morgan fingerprint density at radius 1 is 1.09 bits per heavy atom. The Morgan fingerprint density at radius 3 is 2.46 bits per heavy atom. The number of nitrogens with zero attached hydrogens (tertiary/aromatic N) is 1. The summed E-state index contributed by atoms with van der Waals surface area (Å²) in [5.41, 5.74) is 5.55. The number of carbonyl (C=O) groups excluding carboxylic acids is 1. The van der Waals surface area contributed by atoms with Crippen LogP contribution in [0.3, 0.4) is 0 Å². The van der Waals surface area contributed by atoms with Gasteiger partial charge in [0.1, 0.15) is 0 Å². The average Bonchev–Trinajstić information content (AvgIpc) is 3.36. The number of anilines is 1. The molecule has 0 spiro atoms. The number of nitrogens with one attached hydrogen (secondary N) is 1. The first kappa shape index (κ1) is 24.9. The van der Waals surface area contributed by atoms with Crippen LogP contribution in [-0.2, 0) is 16.0 Å². The molecule has 1 fully saturated rings. The van der Waals surface area contributed by atoms with Gasteiger partial charge in [-0.2, -0.15) is 0 Å². The van der Waals surface area contributed by atoms with E-state index in [1.165, 1.54) is 0 Å². The van der Waals surface area contributed by atoms with Gasteiger partial charge in [0, 0.05) is 23.6 Å². The molecule has 5 nitrogen and oxygen atoms in total. The van der Waals surface area contributed by atoms with Gasteiger partial charge < -0.3 is 10.4 Å². The summed E-state index contributed by atoms with van der Waals surface area (Å²) in [5.74, 6) is -1.27. The molecule has 2 N–H and O–H groups in total. The summed E-state index contributed by atoms with van der Waals surface area (Å²) in [4.78, 5) is 29.2. The normalized spacial score (nSPS) is 15.5. The van der Waals surface area contributed by atoms with Crippen molar-refractivity contribution in [2.45, 2.75) is 51.9 Å². The van der Waals surface area contributed by atoms with Crippen molar-refractivity contribution < 1.29 is 14.7 Å². The van der Waals surface area contributed by atoms with Crippen molar-refractivity contribution in [3.63, 3.8) is 0 Å². The largest absolute Gasteiger partial charge is 0.481 e. The van der Waals surface area contributed by atoms with Gasteiger partial charge in [-0.05, 0) is 66.5 Å². The van der Waals surface area contributed by atoms with Crippen molar-refractivity contribution in [3.8, 4) is 11.1 Å². The number of carboxylic acids is 1. The molecule has 0 aliphatic heterocycles. The molecule has 1 heterocycles. The van der Waals surface area contributed by atoms with E-state index < -0.39 is 11.9 Å². The zero-order chi connectivity index (χ0) is 24.9. The summed E-state index contributed by atoms with van der Waals surface area (Å²) in [7, 11) is 0. The smallest absolute Gasteiger partial charge is 0.306 e. The van der Waals surface area contributed by atoms with E-state index in [4.69, 9.17) is 11.6 Å². The molecule has 1 saturated carbocycles. The fourth-order valence-electron chi connectivity index (χ4n) is 5.05. The zero-order valence-electron chi connectivity index (χ0n) is 20.1. The Bertz CT molecular complexity index is 1200. The summed E-state index contributed by atoms with van der Waals surface area (Å²) in [6.45, 7) is 3.64. The van der Waals surface area contributed by atoms with E-state index in [-0.39, 0.29) is 11.8 Å². The highest BCUT2D eigenvalue weighted by Crippen LogP contribution is 2.39. The van der Waals surface area contributed by atoms with Crippen molar-refractivity contribution >= 4 is 29.2 Å². The Labute approximate surface area is 211 Å². The van der Waals surface area contributed by atoms with Crippen LogP contribution in [0.5, 0.6) is 0 Å². The van der Waals surface area contributed by atoms with Gasteiger partial charge in [-0.15, -0.1) is 0 Å². The lowest BCUT2D eigenvalue weighted by Gasteiger charge is -2.24. The van der Waals surface area contributed by atoms with Crippen LogP contribution >= 0.6 is 11.6 Å². The summed E-state index contributed by atoms with van der Waals surface area (Å²) < 4.78 is 0. The van der Waals surface area contributed by atoms with Gasteiger partial charge in [-0.3, -0.25) is 14.6 Å². The van der Waals surface area contributed by atoms with Gasteiger partial charge in [0.2, 0.25) is 5.91 Å². The Balaban J connectivity index is 1.58. The maximum absolute atomic E-state index is 13.7. The minimum absolute atomic E-state index is 0.0133. The van der Waals surface area contributed by atoms with Crippen LogP contribution in [0.1, 0.15) is 55.2 Å². The first-order valence-electron chi connectivity index (χ1n) is 12.2. The molecule has 182 valence electrons. The number of aromatic nitrogens is 1. The van der Waals surface area contributed by atoms with Crippen molar-refractivity contribution in [1.29, 1.82) is 0 Å². The highest BCUT2D eigenvalue weighted by molar-refractivity contribution is 6.30. The van der Waals surface area contributed by atoms with Crippen LogP contribution in [0, 0.1) is 18.8 Å². The van der Waals surface area contributed by atoms with E-state index >= 15 is 0 Å². The molecule has 4 rings (SSSR count). The average molecular weight is 491 g/mol. The Kier molecular flexibility index (Phi) is 7.86. The molecule has 2 aromatic carbocycles. The van der Waals surface area contributed by atoms with Gasteiger partial charge in [-0.1, -0.05) is 67.8 Å². The first-order chi connectivity index (χ1) is 16.8. The molecule has 2 atom stereocenters. The Hall–Kier alpha value is -3.18. The predicted molar refractivity (Wildman–Crippen MR) is 140 cm³/mol. The molecule has 35 heavy (non-hydrogen) atoms. The lowest BCUT2D eigenvalue weighted by molar-refractivity contribution is -0.141. The van der Waals surface area contributed by atoms with Gasteiger partial charge in [0.15, 0.2) is 0 Å². The molecule has 6 heteroatoms. The topological polar surface area (TPSA) is 79.3 Å². The monoisotopic (exact) mass is 490 g/mol. The van der Waals surface area contributed by atoms with E-state index in [1.54, 1.807) is 19.3 Å². The highest BCUT2D eigenvalue weighted by atomic mass is 35.5. The molecular formula is C29H31ClN2O3. The quantitative estimate of drug-likeness (QED) is 0.360. The third-order valence-electron chi connectivity index (χ3n) is 7.11. The van der Waals surface area contributed by atoms with Crippen molar-refractivity contribution in [1.82, 2.24) is 4.98 Å².